The van der Waals surface area contributed by atoms with Gasteiger partial charge < -0.3 is 14.5 Å². The molecular weight excluding hydrogens is 320 g/mol. The van der Waals surface area contributed by atoms with Crippen molar-refractivity contribution in [3.8, 4) is 5.88 Å². The first kappa shape index (κ1) is 15.6. The number of aryl methyl sites for hydroxylation is 1. The molecule has 4 rings (SSSR count). The molecule has 4 heterocycles. The van der Waals surface area contributed by atoms with Crippen molar-refractivity contribution >= 4 is 17.5 Å². The molecule has 3 aromatic heterocycles. The summed E-state index contributed by atoms with van der Waals surface area (Å²) in [4.78, 5) is 22.0. The highest BCUT2D eigenvalue weighted by Crippen LogP contribution is 2.20. The average Bonchev–Trinajstić information content (AvgIpc) is 3.16. The lowest BCUT2D eigenvalue weighted by Gasteiger charge is -2.35. The molecule has 9 nitrogen and oxygen atoms in total. The third-order valence-electron chi connectivity index (χ3n) is 4.36. The van der Waals surface area contributed by atoms with E-state index in [0.717, 1.165) is 44.1 Å². The van der Waals surface area contributed by atoms with Gasteiger partial charge in [-0.2, -0.15) is 19.6 Å². The normalized spacial score (nSPS) is 15.0. The summed E-state index contributed by atoms with van der Waals surface area (Å²) in [5, 5.41) is 4.32. The summed E-state index contributed by atoms with van der Waals surface area (Å²) in [7, 11) is 1.61. The summed E-state index contributed by atoms with van der Waals surface area (Å²) in [6.07, 6.45) is 4.14. The van der Waals surface area contributed by atoms with Crippen LogP contribution in [0.5, 0.6) is 5.88 Å². The molecule has 0 atom stereocenters. The van der Waals surface area contributed by atoms with E-state index in [1.165, 1.54) is 0 Å². The Morgan fingerprint density at radius 1 is 1.08 bits per heavy atom. The van der Waals surface area contributed by atoms with Crippen LogP contribution >= 0.6 is 0 Å². The molecule has 0 radical (unpaired) electrons. The van der Waals surface area contributed by atoms with Gasteiger partial charge >= 0.3 is 0 Å². The van der Waals surface area contributed by atoms with Crippen molar-refractivity contribution in [2.24, 2.45) is 0 Å². The van der Waals surface area contributed by atoms with Crippen LogP contribution in [0.4, 0.5) is 11.8 Å². The number of hydrogen-bond donors (Lipinski definition) is 0. The van der Waals surface area contributed by atoms with Crippen LogP contribution in [0, 0.1) is 0 Å². The second-order valence-electron chi connectivity index (χ2n) is 5.80. The summed E-state index contributed by atoms with van der Waals surface area (Å²) in [5.74, 6) is 2.96. The standard InChI is InChI=1S/C16H20N8O/c1-3-12-10-14(24-16(20-12)18-11-19-24)22-6-8-23(9-7-22)15-17-5-4-13(21-15)25-2/h4-5,10-11H,3,6-9H2,1-2H3. The number of rotatable bonds is 4. The van der Waals surface area contributed by atoms with Crippen molar-refractivity contribution in [1.82, 2.24) is 29.5 Å². The summed E-state index contributed by atoms with van der Waals surface area (Å²) in [6, 6.07) is 3.85. The largest absolute Gasteiger partial charge is 0.481 e. The van der Waals surface area contributed by atoms with Gasteiger partial charge in [0, 0.05) is 50.2 Å². The lowest BCUT2D eigenvalue weighted by Crippen LogP contribution is -2.47. The first-order valence-electron chi connectivity index (χ1n) is 8.35. The molecule has 0 aliphatic carbocycles. The van der Waals surface area contributed by atoms with E-state index in [-0.39, 0.29) is 0 Å². The fourth-order valence-electron chi connectivity index (χ4n) is 2.98. The molecule has 0 spiro atoms. The van der Waals surface area contributed by atoms with Gasteiger partial charge in [-0.15, -0.1) is 0 Å². The van der Waals surface area contributed by atoms with Crippen LogP contribution in [0.3, 0.4) is 0 Å². The summed E-state index contributed by atoms with van der Waals surface area (Å²) < 4.78 is 6.99. The molecule has 0 saturated carbocycles. The zero-order valence-electron chi connectivity index (χ0n) is 14.3. The third kappa shape index (κ3) is 2.92. The van der Waals surface area contributed by atoms with Crippen molar-refractivity contribution in [2.75, 3.05) is 43.1 Å². The highest BCUT2D eigenvalue weighted by molar-refractivity contribution is 5.49. The Morgan fingerprint density at radius 2 is 1.88 bits per heavy atom. The minimum atomic E-state index is 0.582. The maximum Gasteiger partial charge on any atom is 0.254 e. The Balaban J connectivity index is 1.55. The van der Waals surface area contributed by atoms with Crippen LogP contribution in [0.25, 0.3) is 5.78 Å². The van der Waals surface area contributed by atoms with Gasteiger partial charge in [-0.05, 0) is 6.42 Å². The van der Waals surface area contributed by atoms with Crippen molar-refractivity contribution in [3.05, 3.63) is 30.4 Å². The Kier molecular flexibility index (Phi) is 4.04. The van der Waals surface area contributed by atoms with E-state index in [1.807, 2.05) is 0 Å². The topological polar surface area (TPSA) is 84.6 Å². The van der Waals surface area contributed by atoms with Gasteiger partial charge in [0.1, 0.15) is 12.1 Å². The second kappa shape index (κ2) is 6.50. The van der Waals surface area contributed by atoms with Crippen LogP contribution in [-0.4, -0.2) is 62.8 Å². The van der Waals surface area contributed by atoms with Gasteiger partial charge in [0.2, 0.25) is 11.8 Å². The molecule has 0 N–H and O–H groups in total. The molecule has 1 aliphatic rings. The van der Waals surface area contributed by atoms with Crippen LogP contribution in [0.2, 0.25) is 0 Å². The highest BCUT2D eigenvalue weighted by Gasteiger charge is 2.22. The van der Waals surface area contributed by atoms with E-state index < -0.39 is 0 Å². The van der Waals surface area contributed by atoms with Crippen LogP contribution in [0.15, 0.2) is 24.7 Å². The quantitative estimate of drug-likeness (QED) is 0.690. The molecule has 1 saturated heterocycles. The SMILES string of the molecule is CCc1cc(N2CCN(c3nccc(OC)n3)CC2)n2ncnc2n1. The summed E-state index contributed by atoms with van der Waals surface area (Å²) in [5.41, 5.74) is 1.02. The number of methoxy groups -OCH3 is 1. The number of fused-ring (bicyclic) bond motifs is 1. The minimum absolute atomic E-state index is 0.582. The maximum atomic E-state index is 5.19. The van der Waals surface area contributed by atoms with Gasteiger partial charge in [-0.1, -0.05) is 6.92 Å². The van der Waals surface area contributed by atoms with Crippen molar-refractivity contribution < 1.29 is 4.74 Å². The number of hydrogen-bond acceptors (Lipinski definition) is 8. The van der Waals surface area contributed by atoms with Gasteiger partial charge in [0.25, 0.3) is 5.78 Å². The molecule has 1 aliphatic heterocycles. The van der Waals surface area contributed by atoms with Gasteiger partial charge in [0.05, 0.1) is 7.11 Å². The van der Waals surface area contributed by atoms with Crippen LogP contribution in [-0.2, 0) is 6.42 Å². The molecule has 130 valence electrons. The van der Waals surface area contributed by atoms with E-state index >= 15 is 0 Å². The number of anilines is 2. The lowest BCUT2D eigenvalue weighted by atomic mass is 10.2. The molecule has 1 fully saturated rings. The molecule has 25 heavy (non-hydrogen) atoms. The summed E-state index contributed by atoms with van der Waals surface area (Å²) >= 11 is 0. The second-order valence-corrected chi connectivity index (χ2v) is 5.80. The van der Waals surface area contributed by atoms with Gasteiger partial charge in [-0.3, -0.25) is 0 Å². The average molecular weight is 340 g/mol. The van der Waals surface area contributed by atoms with E-state index in [0.29, 0.717) is 17.6 Å². The molecular formula is C16H20N8O. The van der Waals surface area contributed by atoms with Crippen molar-refractivity contribution in [2.45, 2.75) is 13.3 Å². The zero-order chi connectivity index (χ0) is 17.2. The summed E-state index contributed by atoms with van der Waals surface area (Å²) in [6.45, 7) is 5.45. The van der Waals surface area contributed by atoms with E-state index in [1.54, 1.807) is 30.2 Å². The van der Waals surface area contributed by atoms with Crippen LogP contribution < -0.4 is 14.5 Å². The van der Waals surface area contributed by atoms with E-state index in [2.05, 4.69) is 47.8 Å². The first-order chi connectivity index (χ1) is 12.3. The third-order valence-corrected chi connectivity index (χ3v) is 4.36. The minimum Gasteiger partial charge on any atom is -0.481 e. The fraction of sp³-hybridized carbons (Fsp3) is 0.438. The monoisotopic (exact) mass is 340 g/mol. The lowest BCUT2D eigenvalue weighted by molar-refractivity contribution is 0.396. The Morgan fingerprint density at radius 3 is 2.64 bits per heavy atom. The molecule has 3 aromatic rings. The molecule has 9 heteroatoms. The molecule has 0 amide bonds. The van der Waals surface area contributed by atoms with E-state index in [4.69, 9.17) is 4.74 Å². The Labute approximate surface area is 145 Å². The Bertz CT molecular complexity index is 871. The smallest absolute Gasteiger partial charge is 0.254 e. The van der Waals surface area contributed by atoms with Gasteiger partial charge in [-0.25, -0.2) is 9.97 Å². The fourth-order valence-corrected chi connectivity index (χ4v) is 2.98. The number of piperazine rings is 1. The Hall–Kier alpha value is -2.97. The number of aromatic nitrogens is 6. The molecule has 0 aromatic carbocycles. The predicted octanol–water partition coefficient (Wildman–Crippen LogP) is 0.812. The maximum absolute atomic E-state index is 5.19. The molecule has 0 bridgehead atoms. The zero-order valence-corrected chi connectivity index (χ0v) is 14.3. The first-order valence-corrected chi connectivity index (χ1v) is 8.35. The number of ether oxygens (including phenoxy) is 1. The predicted molar refractivity (Wildman–Crippen MR) is 93.2 cm³/mol. The number of nitrogens with zero attached hydrogens (tertiary/aromatic N) is 8. The van der Waals surface area contributed by atoms with E-state index in [9.17, 15) is 0 Å². The van der Waals surface area contributed by atoms with Gasteiger partial charge in [0.15, 0.2) is 0 Å². The molecule has 0 unspecified atom stereocenters. The highest BCUT2D eigenvalue weighted by atomic mass is 16.5. The van der Waals surface area contributed by atoms with Crippen molar-refractivity contribution in [1.29, 1.82) is 0 Å². The van der Waals surface area contributed by atoms with Crippen molar-refractivity contribution in [3.63, 3.8) is 0 Å². The van der Waals surface area contributed by atoms with Crippen LogP contribution in [0.1, 0.15) is 12.6 Å².